The monoisotopic (exact) mass is 348 g/mol. The lowest BCUT2D eigenvalue weighted by Crippen LogP contribution is -2.53. The van der Waals surface area contributed by atoms with Gasteiger partial charge in [0, 0.05) is 6.54 Å². The summed E-state index contributed by atoms with van der Waals surface area (Å²) in [5.74, 6) is 0. The molecule has 0 amide bonds. The first-order chi connectivity index (χ1) is 11.5. The van der Waals surface area contributed by atoms with E-state index in [-0.39, 0.29) is 6.10 Å². The number of aliphatic hydroxyl groups is 1. The molecule has 0 radical (unpaired) electrons. The third kappa shape index (κ3) is 6.33. The summed E-state index contributed by atoms with van der Waals surface area (Å²) >= 11 is 0. The normalized spacial score (nSPS) is 12.2. The molecule has 1 rings (SSSR count). The lowest BCUT2D eigenvalue weighted by Gasteiger charge is -2.38. The van der Waals surface area contributed by atoms with Crippen LogP contribution in [0.15, 0.2) is 18.2 Å². The quantitative estimate of drug-likeness (QED) is 0.464. The fourth-order valence-electron chi connectivity index (χ4n) is 1.93. The average Bonchev–Trinajstić information content (AvgIpc) is 2.49. The van der Waals surface area contributed by atoms with E-state index in [2.05, 4.69) is 11.4 Å². The van der Waals surface area contributed by atoms with Crippen LogP contribution < -0.4 is 10.8 Å². The summed E-state index contributed by atoms with van der Waals surface area (Å²) in [7, 11) is -1.22. The second kappa shape index (κ2) is 8.68. The Morgan fingerprint density at radius 1 is 1.28 bits per heavy atom. The van der Waals surface area contributed by atoms with Crippen molar-refractivity contribution < 1.29 is 19.5 Å². The molecule has 0 aliphatic heterocycles. The Kier molecular flexibility index (Phi) is 7.45. The van der Waals surface area contributed by atoms with Crippen LogP contribution in [0.25, 0.3) is 0 Å². The zero-order chi connectivity index (χ0) is 19.3. The van der Waals surface area contributed by atoms with E-state index < -0.39 is 18.3 Å². The van der Waals surface area contributed by atoms with Crippen molar-refractivity contribution in [1.29, 1.82) is 5.26 Å². The first kappa shape index (κ1) is 21.5. The minimum Gasteiger partial charge on any atom is -0.423 e. The highest BCUT2D eigenvalue weighted by molar-refractivity contribution is 6.60. The lowest BCUT2D eigenvalue weighted by atomic mass is 9.76. The number of ether oxygens (including phenoxy) is 1. The van der Waals surface area contributed by atoms with Crippen LogP contribution in [0, 0.1) is 11.3 Å². The number of nitrogens with one attached hydrogen (secondary N) is 1. The van der Waals surface area contributed by atoms with Crippen LogP contribution in [0.5, 0.6) is 0 Å². The van der Waals surface area contributed by atoms with Crippen LogP contribution in [0.4, 0.5) is 5.69 Å². The number of benzene rings is 1. The SMILES string of the molecule is CC(C)OCCNc1cc(B(O)OC(C)(C)C(C)(C)O)ccc1C#N. The maximum atomic E-state index is 10.4. The molecule has 0 heterocycles. The Bertz CT molecular complexity index is 606. The molecular weight excluding hydrogens is 319 g/mol. The second-order valence-corrected chi connectivity index (χ2v) is 7.30. The van der Waals surface area contributed by atoms with Crippen molar-refractivity contribution >= 4 is 18.3 Å². The van der Waals surface area contributed by atoms with Gasteiger partial charge in [0.05, 0.1) is 35.2 Å². The summed E-state index contributed by atoms with van der Waals surface area (Å²) < 4.78 is 11.1. The summed E-state index contributed by atoms with van der Waals surface area (Å²) in [6, 6.07) is 7.07. The highest BCUT2D eigenvalue weighted by atomic mass is 16.5. The highest BCUT2D eigenvalue weighted by Crippen LogP contribution is 2.25. The van der Waals surface area contributed by atoms with Gasteiger partial charge in [-0.15, -0.1) is 0 Å². The van der Waals surface area contributed by atoms with E-state index in [9.17, 15) is 15.4 Å². The molecule has 1 aromatic carbocycles. The Balaban J connectivity index is 2.87. The molecular formula is C18H29BN2O4. The zero-order valence-corrected chi connectivity index (χ0v) is 16.0. The Hall–Kier alpha value is -1.59. The first-order valence-electron chi connectivity index (χ1n) is 8.45. The number of rotatable bonds is 9. The molecule has 0 saturated carbocycles. The Morgan fingerprint density at radius 3 is 2.44 bits per heavy atom. The van der Waals surface area contributed by atoms with Gasteiger partial charge in [0.2, 0.25) is 0 Å². The predicted octanol–water partition coefficient (Wildman–Crippen LogP) is 1.65. The Labute approximate surface area is 150 Å². The smallest absolute Gasteiger partial charge is 0.423 e. The van der Waals surface area contributed by atoms with E-state index >= 15 is 0 Å². The van der Waals surface area contributed by atoms with Crippen LogP contribution in [0.3, 0.4) is 0 Å². The predicted molar refractivity (Wildman–Crippen MR) is 99.8 cm³/mol. The molecule has 0 unspecified atom stereocenters. The van der Waals surface area contributed by atoms with Gasteiger partial charge in [-0.2, -0.15) is 5.26 Å². The van der Waals surface area contributed by atoms with Gasteiger partial charge in [0.15, 0.2) is 0 Å². The summed E-state index contributed by atoms with van der Waals surface area (Å²) in [6.07, 6.45) is 0.142. The number of hydrogen-bond acceptors (Lipinski definition) is 6. The topological polar surface area (TPSA) is 94.7 Å². The standard InChI is InChI=1S/C18H29BN2O4/c1-13(2)24-10-9-21-16-11-15(8-7-14(16)12-20)19(23)25-18(5,6)17(3,4)22/h7-8,11,13,21-23H,9-10H2,1-6H3. The molecule has 0 aromatic heterocycles. The minimum absolute atomic E-state index is 0.142. The summed E-state index contributed by atoms with van der Waals surface area (Å²) in [5, 5.41) is 32.9. The minimum atomic E-state index is -1.22. The fourth-order valence-corrected chi connectivity index (χ4v) is 1.93. The number of nitrogens with zero attached hydrogens (tertiary/aromatic N) is 1. The number of hydrogen-bond donors (Lipinski definition) is 3. The van der Waals surface area contributed by atoms with Gasteiger partial charge in [-0.1, -0.05) is 6.07 Å². The summed E-state index contributed by atoms with van der Waals surface area (Å²) in [5.41, 5.74) is -0.503. The number of nitriles is 1. The average molecular weight is 348 g/mol. The van der Waals surface area contributed by atoms with E-state index in [0.29, 0.717) is 29.9 Å². The molecule has 3 N–H and O–H groups in total. The molecule has 0 aliphatic rings. The third-order valence-electron chi connectivity index (χ3n) is 4.20. The fraction of sp³-hybridized carbons (Fsp3) is 0.611. The molecule has 6 nitrogen and oxygen atoms in total. The molecule has 0 saturated heterocycles. The molecule has 138 valence electrons. The van der Waals surface area contributed by atoms with Crippen LogP contribution >= 0.6 is 0 Å². The van der Waals surface area contributed by atoms with Gasteiger partial charge >= 0.3 is 7.12 Å². The molecule has 0 fully saturated rings. The molecule has 1 aromatic rings. The van der Waals surface area contributed by atoms with Crippen molar-refractivity contribution in [1.82, 2.24) is 0 Å². The first-order valence-corrected chi connectivity index (χ1v) is 8.45. The maximum Gasteiger partial charge on any atom is 0.491 e. The van der Waals surface area contributed by atoms with Gasteiger partial charge in [-0.05, 0) is 59.1 Å². The molecule has 0 atom stereocenters. The van der Waals surface area contributed by atoms with Gasteiger partial charge < -0.3 is 24.8 Å². The van der Waals surface area contributed by atoms with Crippen LogP contribution in [0.2, 0.25) is 0 Å². The van der Waals surface area contributed by atoms with Crippen LogP contribution in [-0.2, 0) is 9.39 Å². The lowest BCUT2D eigenvalue weighted by molar-refractivity contribution is -0.0982. The van der Waals surface area contributed by atoms with E-state index in [4.69, 9.17) is 9.39 Å². The molecule has 0 bridgehead atoms. The summed E-state index contributed by atoms with van der Waals surface area (Å²) in [4.78, 5) is 0. The van der Waals surface area contributed by atoms with Gasteiger partial charge in [-0.25, -0.2) is 0 Å². The second-order valence-electron chi connectivity index (χ2n) is 7.30. The van der Waals surface area contributed by atoms with Crippen molar-refractivity contribution in [3.63, 3.8) is 0 Å². The van der Waals surface area contributed by atoms with E-state index in [1.807, 2.05) is 13.8 Å². The Morgan fingerprint density at radius 2 is 1.92 bits per heavy atom. The van der Waals surface area contributed by atoms with E-state index in [1.165, 1.54) is 0 Å². The largest absolute Gasteiger partial charge is 0.491 e. The molecule has 0 aliphatic carbocycles. The van der Waals surface area contributed by atoms with Crippen molar-refractivity contribution in [3.05, 3.63) is 23.8 Å². The highest BCUT2D eigenvalue weighted by Gasteiger charge is 2.39. The van der Waals surface area contributed by atoms with Gasteiger partial charge in [-0.3, -0.25) is 0 Å². The molecule has 7 heteroatoms. The molecule has 25 heavy (non-hydrogen) atoms. The van der Waals surface area contributed by atoms with E-state index in [1.54, 1.807) is 45.9 Å². The van der Waals surface area contributed by atoms with Crippen molar-refractivity contribution in [2.45, 2.75) is 58.8 Å². The maximum absolute atomic E-state index is 10.4. The van der Waals surface area contributed by atoms with Crippen molar-refractivity contribution in [2.75, 3.05) is 18.5 Å². The third-order valence-corrected chi connectivity index (χ3v) is 4.20. The summed E-state index contributed by atoms with van der Waals surface area (Å²) in [6.45, 7) is 11.6. The molecule has 0 spiro atoms. The van der Waals surface area contributed by atoms with Crippen molar-refractivity contribution in [3.8, 4) is 6.07 Å². The zero-order valence-electron chi connectivity index (χ0n) is 16.0. The number of anilines is 1. The van der Waals surface area contributed by atoms with Gasteiger partial charge in [0.1, 0.15) is 6.07 Å². The van der Waals surface area contributed by atoms with E-state index in [0.717, 1.165) is 0 Å². The van der Waals surface area contributed by atoms with Crippen LogP contribution in [-0.4, -0.2) is 47.7 Å². The van der Waals surface area contributed by atoms with Gasteiger partial charge in [0.25, 0.3) is 0 Å². The van der Waals surface area contributed by atoms with Crippen molar-refractivity contribution in [2.24, 2.45) is 0 Å². The van der Waals surface area contributed by atoms with Crippen LogP contribution in [0.1, 0.15) is 47.1 Å².